The number of methoxy groups -OCH3 is 1. The minimum Gasteiger partial charge on any atom is -0.469 e. The van der Waals surface area contributed by atoms with Crippen molar-refractivity contribution in [2.24, 2.45) is 11.3 Å². The van der Waals surface area contributed by atoms with Gasteiger partial charge in [0, 0.05) is 6.42 Å². The lowest BCUT2D eigenvalue weighted by molar-refractivity contribution is -0.140. The number of ether oxygens (including phenoxy) is 1. The highest BCUT2D eigenvalue weighted by molar-refractivity contribution is 5.68. The predicted octanol–water partition coefficient (Wildman–Crippen LogP) is 4.96. The Balaban J connectivity index is 3.54. The molecule has 18 heavy (non-hydrogen) atoms. The van der Waals surface area contributed by atoms with Crippen LogP contribution >= 0.6 is 0 Å². The van der Waals surface area contributed by atoms with E-state index < -0.39 is 0 Å². The highest BCUT2D eigenvalue weighted by Gasteiger charge is 2.16. The van der Waals surface area contributed by atoms with Gasteiger partial charge in [-0.2, -0.15) is 0 Å². The Morgan fingerprint density at radius 3 is 2.22 bits per heavy atom. The number of hydrogen-bond donors (Lipinski definition) is 0. The van der Waals surface area contributed by atoms with Gasteiger partial charge in [-0.05, 0) is 30.6 Å². The molecule has 0 aliphatic carbocycles. The minimum atomic E-state index is -0.0776. The van der Waals surface area contributed by atoms with Crippen molar-refractivity contribution in [3.05, 3.63) is 0 Å². The SMILES string of the molecule is COC(=O)CCCCCC(C)(C)CCCC(C)C. The molecular formula is C16H32O2. The number of esters is 1. The van der Waals surface area contributed by atoms with Crippen molar-refractivity contribution >= 4 is 5.97 Å². The predicted molar refractivity (Wildman–Crippen MR) is 77.6 cm³/mol. The number of unbranched alkanes of at least 4 members (excludes halogenated alkanes) is 2. The summed E-state index contributed by atoms with van der Waals surface area (Å²) in [5.41, 5.74) is 0.458. The molecule has 0 radical (unpaired) electrons. The molecule has 0 atom stereocenters. The number of hydrogen-bond acceptors (Lipinski definition) is 2. The molecule has 0 aromatic heterocycles. The van der Waals surface area contributed by atoms with Crippen LogP contribution in [-0.2, 0) is 9.53 Å². The smallest absolute Gasteiger partial charge is 0.305 e. The van der Waals surface area contributed by atoms with Crippen molar-refractivity contribution in [3.8, 4) is 0 Å². The molecule has 0 aromatic carbocycles. The van der Waals surface area contributed by atoms with E-state index in [9.17, 15) is 4.79 Å². The molecule has 0 heterocycles. The fourth-order valence-corrected chi connectivity index (χ4v) is 2.27. The fourth-order valence-electron chi connectivity index (χ4n) is 2.27. The van der Waals surface area contributed by atoms with Crippen LogP contribution in [0.25, 0.3) is 0 Å². The zero-order valence-electron chi connectivity index (χ0n) is 13.1. The Bertz CT molecular complexity index is 219. The molecule has 0 unspecified atom stereocenters. The van der Waals surface area contributed by atoms with Crippen LogP contribution in [-0.4, -0.2) is 13.1 Å². The molecule has 0 aromatic rings. The van der Waals surface area contributed by atoms with E-state index in [-0.39, 0.29) is 5.97 Å². The van der Waals surface area contributed by atoms with Crippen molar-refractivity contribution in [2.45, 2.75) is 79.1 Å². The zero-order chi connectivity index (χ0) is 14.0. The summed E-state index contributed by atoms with van der Waals surface area (Å²) in [6.07, 6.45) is 9.18. The third-order valence-electron chi connectivity index (χ3n) is 3.60. The monoisotopic (exact) mass is 256 g/mol. The van der Waals surface area contributed by atoms with Gasteiger partial charge in [-0.1, -0.05) is 53.4 Å². The van der Waals surface area contributed by atoms with Crippen LogP contribution in [0.15, 0.2) is 0 Å². The van der Waals surface area contributed by atoms with Gasteiger partial charge in [0.2, 0.25) is 0 Å². The highest BCUT2D eigenvalue weighted by atomic mass is 16.5. The average Bonchev–Trinajstić information content (AvgIpc) is 2.27. The van der Waals surface area contributed by atoms with Gasteiger partial charge < -0.3 is 4.74 Å². The number of carbonyl (C=O) groups excluding carboxylic acids is 1. The molecule has 2 nitrogen and oxygen atoms in total. The van der Waals surface area contributed by atoms with E-state index in [0.717, 1.165) is 18.8 Å². The normalized spacial score (nSPS) is 11.9. The zero-order valence-corrected chi connectivity index (χ0v) is 13.1. The van der Waals surface area contributed by atoms with Gasteiger partial charge in [-0.3, -0.25) is 4.79 Å². The Morgan fingerprint density at radius 1 is 1.06 bits per heavy atom. The van der Waals surface area contributed by atoms with Crippen LogP contribution in [0, 0.1) is 11.3 Å². The van der Waals surface area contributed by atoms with Crippen LogP contribution in [0.5, 0.6) is 0 Å². The van der Waals surface area contributed by atoms with Crippen LogP contribution in [0.3, 0.4) is 0 Å². The Labute approximate surface area is 113 Å². The lowest BCUT2D eigenvalue weighted by atomic mass is 9.81. The molecular weight excluding hydrogens is 224 g/mol. The highest BCUT2D eigenvalue weighted by Crippen LogP contribution is 2.30. The van der Waals surface area contributed by atoms with Crippen LogP contribution in [0.1, 0.15) is 79.1 Å². The van der Waals surface area contributed by atoms with Gasteiger partial charge in [0.05, 0.1) is 7.11 Å². The average molecular weight is 256 g/mol. The van der Waals surface area contributed by atoms with E-state index in [4.69, 9.17) is 0 Å². The van der Waals surface area contributed by atoms with Gasteiger partial charge in [-0.15, -0.1) is 0 Å². The second kappa shape index (κ2) is 9.41. The third-order valence-corrected chi connectivity index (χ3v) is 3.60. The maximum Gasteiger partial charge on any atom is 0.305 e. The van der Waals surface area contributed by atoms with Crippen molar-refractivity contribution < 1.29 is 9.53 Å². The summed E-state index contributed by atoms with van der Waals surface area (Å²) in [6, 6.07) is 0. The molecule has 0 rings (SSSR count). The van der Waals surface area contributed by atoms with E-state index in [2.05, 4.69) is 32.4 Å². The van der Waals surface area contributed by atoms with Crippen LogP contribution in [0.2, 0.25) is 0 Å². The quantitative estimate of drug-likeness (QED) is 0.408. The van der Waals surface area contributed by atoms with Crippen molar-refractivity contribution in [1.29, 1.82) is 0 Å². The topological polar surface area (TPSA) is 26.3 Å². The lowest BCUT2D eigenvalue weighted by Crippen LogP contribution is -2.11. The molecule has 0 saturated carbocycles. The van der Waals surface area contributed by atoms with Crippen LogP contribution in [0.4, 0.5) is 0 Å². The Kier molecular flexibility index (Phi) is 9.13. The summed E-state index contributed by atoms with van der Waals surface area (Å²) < 4.78 is 4.63. The molecule has 108 valence electrons. The standard InChI is InChI=1S/C16H32O2/c1-14(2)10-9-13-16(3,4)12-8-6-7-11-15(17)18-5/h14H,6-13H2,1-5H3. The molecule has 0 N–H and O–H groups in total. The van der Waals surface area contributed by atoms with E-state index >= 15 is 0 Å². The third kappa shape index (κ3) is 10.6. The molecule has 0 fully saturated rings. The van der Waals surface area contributed by atoms with Gasteiger partial charge >= 0.3 is 5.97 Å². The minimum absolute atomic E-state index is 0.0776. The lowest BCUT2D eigenvalue weighted by Gasteiger charge is -2.25. The van der Waals surface area contributed by atoms with E-state index in [1.54, 1.807) is 0 Å². The molecule has 0 aliphatic heterocycles. The van der Waals surface area contributed by atoms with E-state index in [1.807, 2.05) is 0 Å². The first-order chi connectivity index (χ1) is 8.37. The summed E-state index contributed by atoms with van der Waals surface area (Å²) in [7, 11) is 1.46. The van der Waals surface area contributed by atoms with Crippen LogP contribution < -0.4 is 0 Å². The number of carbonyl (C=O) groups is 1. The maximum absolute atomic E-state index is 11.0. The molecule has 0 aliphatic rings. The van der Waals surface area contributed by atoms with Gasteiger partial charge in [0.25, 0.3) is 0 Å². The summed E-state index contributed by atoms with van der Waals surface area (Å²) in [4.78, 5) is 11.0. The summed E-state index contributed by atoms with van der Waals surface area (Å²) in [5.74, 6) is 0.743. The molecule has 0 amide bonds. The second-order valence-corrected chi connectivity index (χ2v) is 6.59. The Morgan fingerprint density at radius 2 is 1.67 bits per heavy atom. The first kappa shape index (κ1) is 17.5. The largest absolute Gasteiger partial charge is 0.469 e. The first-order valence-corrected chi connectivity index (χ1v) is 7.44. The summed E-state index contributed by atoms with van der Waals surface area (Å²) >= 11 is 0. The molecule has 2 heteroatoms. The number of rotatable bonds is 10. The molecule has 0 bridgehead atoms. The van der Waals surface area contributed by atoms with E-state index in [0.29, 0.717) is 11.8 Å². The van der Waals surface area contributed by atoms with Gasteiger partial charge in [0.1, 0.15) is 0 Å². The molecule has 0 saturated heterocycles. The summed E-state index contributed by atoms with van der Waals surface area (Å²) in [6.45, 7) is 9.32. The Hall–Kier alpha value is -0.530. The van der Waals surface area contributed by atoms with Crippen molar-refractivity contribution in [2.75, 3.05) is 7.11 Å². The van der Waals surface area contributed by atoms with Crippen molar-refractivity contribution in [3.63, 3.8) is 0 Å². The maximum atomic E-state index is 11.0. The van der Waals surface area contributed by atoms with Gasteiger partial charge in [-0.25, -0.2) is 0 Å². The molecule has 0 spiro atoms. The van der Waals surface area contributed by atoms with E-state index in [1.165, 1.54) is 39.2 Å². The van der Waals surface area contributed by atoms with Crippen molar-refractivity contribution in [1.82, 2.24) is 0 Å². The fraction of sp³-hybridized carbons (Fsp3) is 0.938. The first-order valence-electron chi connectivity index (χ1n) is 7.44. The second-order valence-electron chi connectivity index (χ2n) is 6.59. The summed E-state index contributed by atoms with van der Waals surface area (Å²) in [5, 5.41) is 0. The van der Waals surface area contributed by atoms with Gasteiger partial charge in [0.15, 0.2) is 0 Å².